The maximum Gasteiger partial charge on any atom is 0.253 e. The summed E-state index contributed by atoms with van der Waals surface area (Å²) in [5.74, 6) is -0.429. The topological polar surface area (TPSA) is 46.6 Å². The molecule has 136 valence electrons. The Hall–Kier alpha value is -2.53. The lowest BCUT2D eigenvalue weighted by molar-refractivity contribution is 0.0650. The fraction of sp³-hybridized carbons (Fsp3) is 0.333. The van der Waals surface area contributed by atoms with Gasteiger partial charge in [-0.3, -0.25) is 9.59 Å². The Kier molecular flexibility index (Phi) is 5.78. The Morgan fingerprint density at radius 2 is 1.77 bits per heavy atom. The fourth-order valence-corrected chi connectivity index (χ4v) is 3.34. The zero-order chi connectivity index (χ0) is 18.5. The number of rotatable bonds is 5. The van der Waals surface area contributed by atoms with Crippen molar-refractivity contribution in [3.05, 3.63) is 71.0 Å². The second kappa shape index (κ2) is 8.23. The molecule has 26 heavy (non-hydrogen) atoms. The minimum Gasteiger partial charge on any atom is -0.380 e. The van der Waals surface area contributed by atoms with Crippen LogP contribution in [0.25, 0.3) is 0 Å². The summed E-state index contributed by atoms with van der Waals surface area (Å²) in [5.41, 5.74) is 2.15. The van der Waals surface area contributed by atoms with Crippen LogP contribution in [0.3, 0.4) is 0 Å². The summed E-state index contributed by atoms with van der Waals surface area (Å²) in [6.07, 6.45) is 1.28. The summed E-state index contributed by atoms with van der Waals surface area (Å²) in [7, 11) is 1.63. The molecule has 1 fully saturated rings. The molecule has 0 atom stereocenters. The van der Waals surface area contributed by atoms with E-state index in [1.807, 2.05) is 24.3 Å². The van der Waals surface area contributed by atoms with Crippen molar-refractivity contribution < 1.29 is 18.7 Å². The summed E-state index contributed by atoms with van der Waals surface area (Å²) < 4.78 is 18.1. The number of ether oxygens (including phenoxy) is 1. The Labute approximate surface area is 152 Å². The smallest absolute Gasteiger partial charge is 0.253 e. The van der Waals surface area contributed by atoms with Gasteiger partial charge in [-0.1, -0.05) is 18.2 Å². The van der Waals surface area contributed by atoms with E-state index in [-0.39, 0.29) is 23.4 Å². The number of hydrogen-bond acceptors (Lipinski definition) is 3. The van der Waals surface area contributed by atoms with Crippen LogP contribution in [0.1, 0.15) is 39.1 Å². The highest BCUT2D eigenvalue weighted by atomic mass is 19.1. The number of halogens is 1. The fourth-order valence-electron chi connectivity index (χ4n) is 3.34. The van der Waals surface area contributed by atoms with Crippen molar-refractivity contribution in [2.75, 3.05) is 20.2 Å². The van der Waals surface area contributed by atoms with Crippen molar-refractivity contribution in [3.8, 4) is 0 Å². The molecule has 1 amide bonds. The zero-order valence-corrected chi connectivity index (χ0v) is 14.8. The van der Waals surface area contributed by atoms with Gasteiger partial charge < -0.3 is 9.64 Å². The monoisotopic (exact) mass is 355 g/mol. The molecule has 0 saturated carbocycles. The first kappa shape index (κ1) is 18.3. The average Bonchev–Trinajstić information content (AvgIpc) is 2.68. The number of ketones is 1. The van der Waals surface area contributed by atoms with Crippen LogP contribution in [0.4, 0.5) is 4.39 Å². The van der Waals surface area contributed by atoms with E-state index in [0.29, 0.717) is 43.7 Å². The largest absolute Gasteiger partial charge is 0.380 e. The van der Waals surface area contributed by atoms with Gasteiger partial charge in [0.15, 0.2) is 5.78 Å². The first-order valence-corrected chi connectivity index (χ1v) is 8.75. The van der Waals surface area contributed by atoms with E-state index in [2.05, 4.69) is 0 Å². The number of piperidine rings is 1. The van der Waals surface area contributed by atoms with E-state index in [1.165, 1.54) is 24.3 Å². The van der Waals surface area contributed by atoms with Crippen LogP contribution in [0.2, 0.25) is 0 Å². The maximum atomic E-state index is 13.0. The summed E-state index contributed by atoms with van der Waals surface area (Å²) in [4.78, 5) is 27.0. The number of amides is 1. The van der Waals surface area contributed by atoms with E-state index in [4.69, 9.17) is 4.74 Å². The summed E-state index contributed by atoms with van der Waals surface area (Å²) >= 11 is 0. The second-order valence-electron chi connectivity index (χ2n) is 6.57. The molecule has 4 nitrogen and oxygen atoms in total. The van der Waals surface area contributed by atoms with Crippen LogP contribution in [0.5, 0.6) is 0 Å². The molecule has 1 aliphatic heterocycles. The molecular weight excluding hydrogens is 333 g/mol. The van der Waals surface area contributed by atoms with Crippen molar-refractivity contribution in [2.24, 2.45) is 5.92 Å². The second-order valence-corrected chi connectivity index (χ2v) is 6.57. The summed E-state index contributed by atoms with van der Waals surface area (Å²) in [5, 5.41) is 0. The van der Waals surface area contributed by atoms with Crippen LogP contribution < -0.4 is 0 Å². The van der Waals surface area contributed by atoms with Gasteiger partial charge in [0.25, 0.3) is 5.91 Å². The van der Waals surface area contributed by atoms with Crippen molar-refractivity contribution in [1.29, 1.82) is 0 Å². The third kappa shape index (κ3) is 4.17. The molecule has 0 aliphatic carbocycles. The normalized spacial score (nSPS) is 15.1. The van der Waals surface area contributed by atoms with Crippen molar-refractivity contribution in [1.82, 2.24) is 4.90 Å². The third-order valence-corrected chi connectivity index (χ3v) is 4.77. The minimum absolute atomic E-state index is 0.0786. The number of hydrogen-bond donors (Lipinski definition) is 0. The van der Waals surface area contributed by atoms with Crippen LogP contribution >= 0.6 is 0 Å². The molecule has 2 aromatic rings. The highest BCUT2D eigenvalue weighted by Gasteiger charge is 2.28. The Bertz CT molecular complexity index is 780. The maximum absolute atomic E-state index is 13.0. The quantitative estimate of drug-likeness (QED) is 0.768. The molecule has 2 aromatic carbocycles. The number of likely N-dealkylation sites (tertiary alicyclic amines) is 1. The molecule has 1 aliphatic rings. The van der Waals surface area contributed by atoms with Crippen molar-refractivity contribution in [2.45, 2.75) is 19.4 Å². The summed E-state index contributed by atoms with van der Waals surface area (Å²) in [6.45, 7) is 1.54. The number of benzene rings is 2. The number of carbonyl (C=O) groups is 2. The molecule has 5 heteroatoms. The van der Waals surface area contributed by atoms with Gasteiger partial charge in [-0.05, 0) is 48.7 Å². The molecule has 0 N–H and O–H groups in total. The molecular formula is C21H22FNO3. The van der Waals surface area contributed by atoms with Gasteiger partial charge in [-0.15, -0.1) is 0 Å². The van der Waals surface area contributed by atoms with Crippen LogP contribution in [0, 0.1) is 11.7 Å². The minimum atomic E-state index is -0.360. The predicted octanol–water partition coefficient (Wildman–Crippen LogP) is 3.71. The van der Waals surface area contributed by atoms with E-state index < -0.39 is 0 Å². The molecule has 0 aromatic heterocycles. The molecule has 0 bridgehead atoms. The lowest BCUT2D eigenvalue weighted by Crippen LogP contribution is -2.40. The van der Waals surface area contributed by atoms with Gasteiger partial charge in [0.2, 0.25) is 0 Å². The molecule has 0 spiro atoms. The highest BCUT2D eigenvalue weighted by molar-refractivity contribution is 5.98. The van der Waals surface area contributed by atoms with E-state index in [0.717, 1.165) is 5.56 Å². The summed E-state index contributed by atoms with van der Waals surface area (Å²) in [6, 6.07) is 13.1. The lowest BCUT2D eigenvalue weighted by Gasteiger charge is -2.31. The van der Waals surface area contributed by atoms with E-state index in [9.17, 15) is 14.0 Å². The molecule has 0 unspecified atom stereocenters. The number of nitrogens with zero attached hydrogens (tertiary/aromatic N) is 1. The van der Waals surface area contributed by atoms with Crippen LogP contribution in [0.15, 0.2) is 48.5 Å². The number of methoxy groups -OCH3 is 1. The van der Waals surface area contributed by atoms with Gasteiger partial charge in [0.05, 0.1) is 6.61 Å². The lowest BCUT2D eigenvalue weighted by atomic mass is 9.88. The van der Waals surface area contributed by atoms with E-state index >= 15 is 0 Å². The predicted molar refractivity (Wildman–Crippen MR) is 96.5 cm³/mol. The first-order chi connectivity index (χ1) is 12.6. The molecule has 1 saturated heterocycles. The Morgan fingerprint density at radius 1 is 1.08 bits per heavy atom. The van der Waals surface area contributed by atoms with Gasteiger partial charge >= 0.3 is 0 Å². The number of Topliss-reactive ketones (excluding diaryl/α,β-unsaturated/α-hetero) is 1. The van der Waals surface area contributed by atoms with E-state index in [1.54, 1.807) is 12.0 Å². The average molecular weight is 355 g/mol. The highest BCUT2D eigenvalue weighted by Crippen LogP contribution is 2.23. The zero-order valence-electron chi connectivity index (χ0n) is 14.8. The van der Waals surface area contributed by atoms with Crippen molar-refractivity contribution in [3.63, 3.8) is 0 Å². The number of carbonyl (C=O) groups excluding carboxylic acids is 2. The standard InChI is InChI=1S/C21H22FNO3/c1-26-14-15-3-2-4-18(13-15)20(24)16-9-11-23(12-10-16)21(25)17-5-7-19(22)8-6-17/h2-8,13,16H,9-12,14H2,1H3. The molecule has 0 radical (unpaired) electrons. The van der Waals surface area contributed by atoms with Gasteiger partial charge in [-0.2, -0.15) is 0 Å². The van der Waals surface area contributed by atoms with Gasteiger partial charge in [-0.25, -0.2) is 4.39 Å². The molecule has 3 rings (SSSR count). The van der Waals surface area contributed by atoms with Gasteiger partial charge in [0, 0.05) is 37.2 Å². The van der Waals surface area contributed by atoms with Gasteiger partial charge in [0.1, 0.15) is 5.82 Å². The third-order valence-electron chi connectivity index (χ3n) is 4.77. The Balaban J connectivity index is 1.61. The Morgan fingerprint density at radius 3 is 2.42 bits per heavy atom. The van der Waals surface area contributed by atoms with Crippen molar-refractivity contribution >= 4 is 11.7 Å². The molecule has 1 heterocycles. The SMILES string of the molecule is COCc1cccc(C(=O)C2CCN(C(=O)c3ccc(F)cc3)CC2)c1. The van der Waals surface area contributed by atoms with Crippen LogP contribution in [-0.4, -0.2) is 36.8 Å². The van der Waals surface area contributed by atoms with Crippen LogP contribution in [-0.2, 0) is 11.3 Å². The first-order valence-electron chi connectivity index (χ1n) is 8.75.